The highest BCUT2D eigenvalue weighted by Gasteiger charge is 2.38. The molecule has 1 saturated carbocycles. The van der Waals surface area contributed by atoms with Crippen molar-refractivity contribution in [2.45, 2.75) is 57.5 Å². The first-order valence-corrected chi connectivity index (χ1v) is 8.19. The third kappa shape index (κ3) is 2.60. The molecule has 3 rings (SSSR count). The van der Waals surface area contributed by atoms with Gasteiger partial charge in [0.1, 0.15) is 5.60 Å². The van der Waals surface area contributed by atoms with Gasteiger partial charge in [0, 0.05) is 18.5 Å². The van der Waals surface area contributed by atoms with Gasteiger partial charge in [0.15, 0.2) is 0 Å². The van der Waals surface area contributed by atoms with Crippen molar-refractivity contribution in [3.8, 4) is 0 Å². The number of benzene rings is 1. The van der Waals surface area contributed by atoms with E-state index in [2.05, 4.69) is 18.2 Å². The van der Waals surface area contributed by atoms with Crippen LogP contribution in [0.4, 0.5) is 10.5 Å². The van der Waals surface area contributed by atoms with Crippen molar-refractivity contribution in [2.75, 3.05) is 18.0 Å². The van der Waals surface area contributed by atoms with E-state index in [0.717, 1.165) is 12.1 Å². The Bertz CT molecular complexity index is 580. The second-order valence-electron chi connectivity index (χ2n) is 7.56. The third-order valence-corrected chi connectivity index (χ3v) is 4.90. The van der Waals surface area contributed by atoms with Crippen LogP contribution in [-0.4, -0.2) is 24.8 Å². The van der Waals surface area contributed by atoms with Crippen LogP contribution in [0.3, 0.4) is 0 Å². The van der Waals surface area contributed by atoms with E-state index < -0.39 is 5.60 Å². The number of fused-ring (bicyclic) bond motifs is 1. The summed E-state index contributed by atoms with van der Waals surface area (Å²) < 4.78 is 5.50. The normalized spacial score (nSPS) is 19.5. The number of carbonyl (C=O) groups is 1. The molecular formula is C18H26N2O2. The summed E-state index contributed by atoms with van der Waals surface area (Å²) in [5.74, 6) is 0. The highest BCUT2D eigenvalue weighted by atomic mass is 16.6. The number of anilines is 1. The van der Waals surface area contributed by atoms with Crippen molar-refractivity contribution in [3.05, 3.63) is 29.3 Å². The lowest BCUT2D eigenvalue weighted by molar-refractivity contribution is 0.0584. The number of hydrogen-bond donors (Lipinski definition) is 1. The highest BCUT2D eigenvalue weighted by molar-refractivity contribution is 5.90. The Balaban J connectivity index is 1.83. The lowest BCUT2D eigenvalue weighted by Gasteiger charge is -2.41. The number of carbonyl (C=O) groups excluding carboxylic acids is 1. The molecule has 0 atom stereocenters. The van der Waals surface area contributed by atoms with Crippen LogP contribution in [0.25, 0.3) is 0 Å². The van der Waals surface area contributed by atoms with Gasteiger partial charge in [-0.3, -0.25) is 4.90 Å². The number of hydrogen-bond acceptors (Lipinski definition) is 3. The SMILES string of the molecule is CC(C)(C)OC(=O)N1CCc2cc(C3(CN)CCC3)ccc21. The van der Waals surface area contributed by atoms with Crippen LogP contribution in [0.2, 0.25) is 0 Å². The summed E-state index contributed by atoms with van der Waals surface area (Å²) >= 11 is 0. The predicted molar refractivity (Wildman–Crippen MR) is 88.3 cm³/mol. The molecule has 4 heteroatoms. The molecule has 2 aliphatic rings. The molecule has 1 fully saturated rings. The van der Waals surface area contributed by atoms with Crippen LogP contribution in [0, 0.1) is 0 Å². The van der Waals surface area contributed by atoms with E-state index in [1.54, 1.807) is 4.90 Å². The van der Waals surface area contributed by atoms with Crippen molar-refractivity contribution in [1.82, 2.24) is 0 Å². The van der Waals surface area contributed by atoms with E-state index >= 15 is 0 Å². The first kappa shape index (κ1) is 15.3. The Morgan fingerprint density at radius 2 is 2.09 bits per heavy atom. The second kappa shape index (κ2) is 5.27. The monoisotopic (exact) mass is 302 g/mol. The van der Waals surface area contributed by atoms with Gasteiger partial charge in [-0.05, 0) is 57.2 Å². The van der Waals surface area contributed by atoms with Crippen LogP contribution < -0.4 is 10.6 Å². The summed E-state index contributed by atoms with van der Waals surface area (Å²) in [6.45, 7) is 7.09. The van der Waals surface area contributed by atoms with Crippen LogP contribution in [0.5, 0.6) is 0 Å². The average molecular weight is 302 g/mol. The fourth-order valence-corrected chi connectivity index (χ4v) is 3.45. The number of ether oxygens (including phenoxy) is 1. The molecule has 1 aliphatic heterocycles. The molecule has 1 aromatic rings. The summed E-state index contributed by atoms with van der Waals surface area (Å²) in [7, 11) is 0. The molecule has 2 N–H and O–H groups in total. The van der Waals surface area contributed by atoms with Crippen molar-refractivity contribution >= 4 is 11.8 Å². The summed E-state index contributed by atoms with van der Waals surface area (Å²) in [6, 6.07) is 6.47. The summed E-state index contributed by atoms with van der Waals surface area (Å²) in [6.07, 6.45) is 4.26. The van der Waals surface area contributed by atoms with Gasteiger partial charge in [0.25, 0.3) is 0 Å². The van der Waals surface area contributed by atoms with Crippen LogP contribution in [-0.2, 0) is 16.6 Å². The van der Waals surface area contributed by atoms with Crippen LogP contribution >= 0.6 is 0 Å². The molecule has 0 bridgehead atoms. The Kier molecular flexibility index (Phi) is 3.68. The summed E-state index contributed by atoms with van der Waals surface area (Å²) in [5.41, 5.74) is 9.29. The van der Waals surface area contributed by atoms with E-state index in [-0.39, 0.29) is 11.5 Å². The van der Waals surface area contributed by atoms with E-state index in [0.29, 0.717) is 13.1 Å². The minimum Gasteiger partial charge on any atom is -0.443 e. The van der Waals surface area contributed by atoms with Crippen molar-refractivity contribution in [3.63, 3.8) is 0 Å². The number of nitrogens with zero attached hydrogens (tertiary/aromatic N) is 1. The molecule has 0 aromatic heterocycles. The third-order valence-electron chi connectivity index (χ3n) is 4.90. The van der Waals surface area contributed by atoms with Gasteiger partial charge in [0.2, 0.25) is 0 Å². The molecule has 1 aromatic carbocycles. The molecule has 0 saturated heterocycles. The quantitative estimate of drug-likeness (QED) is 0.911. The van der Waals surface area contributed by atoms with Gasteiger partial charge >= 0.3 is 6.09 Å². The van der Waals surface area contributed by atoms with Crippen molar-refractivity contribution in [2.24, 2.45) is 5.73 Å². The van der Waals surface area contributed by atoms with Gasteiger partial charge < -0.3 is 10.5 Å². The van der Waals surface area contributed by atoms with E-state index in [1.807, 2.05) is 20.8 Å². The first-order chi connectivity index (χ1) is 10.3. The standard InChI is InChI=1S/C18H26N2O2/c1-17(2,3)22-16(21)20-10-7-13-11-14(5-6-15(13)20)18(12-19)8-4-9-18/h5-6,11H,4,7-10,12,19H2,1-3H3. The molecule has 1 heterocycles. The topological polar surface area (TPSA) is 55.6 Å². The molecule has 0 unspecified atom stereocenters. The smallest absolute Gasteiger partial charge is 0.414 e. The van der Waals surface area contributed by atoms with Gasteiger partial charge in [-0.1, -0.05) is 18.6 Å². The number of rotatable bonds is 2. The minimum atomic E-state index is -0.463. The zero-order valence-electron chi connectivity index (χ0n) is 13.8. The van der Waals surface area contributed by atoms with Crippen molar-refractivity contribution < 1.29 is 9.53 Å². The molecule has 0 spiro atoms. The van der Waals surface area contributed by atoms with Gasteiger partial charge in [-0.15, -0.1) is 0 Å². The maximum Gasteiger partial charge on any atom is 0.414 e. The molecular weight excluding hydrogens is 276 g/mol. The number of amides is 1. The fourth-order valence-electron chi connectivity index (χ4n) is 3.45. The zero-order chi connectivity index (χ0) is 16.0. The summed E-state index contributed by atoms with van der Waals surface area (Å²) in [4.78, 5) is 14.1. The Hall–Kier alpha value is -1.55. The molecule has 1 amide bonds. The van der Waals surface area contributed by atoms with Gasteiger partial charge in [0.05, 0.1) is 5.69 Å². The highest BCUT2D eigenvalue weighted by Crippen LogP contribution is 2.44. The van der Waals surface area contributed by atoms with Crippen molar-refractivity contribution in [1.29, 1.82) is 0 Å². The Morgan fingerprint density at radius 1 is 1.36 bits per heavy atom. The Labute approximate surface area is 132 Å². The molecule has 0 radical (unpaired) electrons. The van der Waals surface area contributed by atoms with E-state index in [4.69, 9.17) is 10.5 Å². The maximum absolute atomic E-state index is 12.3. The molecule has 4 nitrogen and oxygen atoms in total. The minimum absolute atomic E-state index is 0.175. The Morgan fingerprint density at radius 3 is 2.64 bits per heavy atom. The van der Waals surface area contributed by atoms with Crippen LogP contribution in [0.1, 0.15) is 51.2 Å². The molecule has 1 aliphatic carbocycles. The average Bonchev–Trinajstić information content (AvgIpc) is 2.79. The zero-order valence-corrected chi connectivity index (χ0v) is 13.8. The van der Waals surface area contributed by atoms with E-state index in [9.17, 15) is 4.79 Å². The molecule has 120 valence electrons. The maximum atomic E-state index is 12.3. The van der Waals surface area contributed by atoms with E-state index in [1.165, 1.54) is 30.4 Å². The van der Waals surface area contributed by atoms with Gasteiger partial charge in [-0.25, -0.2) is 4.79 Å². The second-order valence-corrected chi connectivity index (χ2v) is 7.56. The molecule has 22 heavy (non-hydrogen) atoms. The lowest BCUT2D eigenvalue weighted by atomic mass is 9.64. The largest absolute Gasteiger partial charge is 0.443 e. The van der Waals surface area contributed by atoms with Gasteiger partial charge in [-0.2, -0.15) is 0 Å². The summed E-state index contributed by atoms with van der Waals surface area (Å²) in [5, 5.41) is 0. The fraction of sp³-hybridized carbons (Fsp3) is 0.611. The lowest BCUT2D eigenvalue weighted by Crippen LogP contribution is -2.41. The number of nitrogens with two attached hydrogens (primary N) is 1. The predicted octanol–water partition coefficient (Wildman–Crippen LogP) is 3.36. The van der Waals surface area contributed by atoms with Crippen LogP contribution in [0.15, 0.2) is 18.2 Å². The first-order valence-electron chi connectivity index (χ1n) is 8.19.